The lowest BCUT2D eigenvalue weighted by atomic mass is 10.0. The van der Waals surface area contributed by atoms with Crippen molar-refractivity contribution >= 4 is 0 Å². The Hall–Kier alpha value is -1.60. The summed E-state index contributed by atoms with van der Waals surface area (Å²) in [4.78, 5) is 2.63. The average Bonchev–Trinajstić information content (AvgIpc) is 3.07. The van der Waals surface area contributed by atoms with Crippen molar-refractivity contribution in [1.29, 1.82) is 0 Å². The highest BCUT2D eigenvalue weighted by Gasteiger charge is 2.17. The molecule has 1 unspecified atom stereocenters. The van der Waals surface area contributed by atoms with Gasteiger partial charge in [0.2, 0.25) is 0 Å². The summed E-state index contributed by atoms with van der Waals surface area (Å²) < 4.78 is 0. The number of unbranched alkanes of at least 4 members (excludes halogenated alkanes) is 1. The Labute approximate surface area is 148 Å². The third kappa shape index (κ3) is 5.79. The minimum atomic E-state index is 0.905. The van der Waals surface area contributed by atoms with Gasteiger partial charge in [-0.1, -0.05) is 75.4 Å². The summed E-state index contributed by atoms with van der Waals surface area (Å²) in [6, 6.07) is 19.7. The van der Waals surface area contributed by atoms with E-state index in [1.54, 1.807) is 0 Å². The number of benzene rings is 2. The highest BCUT2D eigenvalue weighted by molar-refractivity contribution is 5.63. The lowest BCUT2D eigenvalue weighted by molar-refractivity contribution is 0.320. The van der Waals surface area contributed by atoms with Crippen LogP contribution in [0.5, 0.6) is 0 Å². The third-order valence-corrected chi connectivity index (χ3v) is 4.73. The second-order valence-corrected chi connectivity index (χ2v) is 6.72. The minimum Gasteiger partial charge on any atom is -0.303 e. The van der Waals surface area contributed by atoms with Crippen LogP contribution in [0.1, 0.15) is 45.6 Å². The highest BCUT2D eigenvalue weighted by atomic mass is 15.1. The summed E-state index contributed by atoms with van der Waals surface area (Å²) in [7, 11) is 0. The molecule has 0 amide bonds. The first-order valence-electron chi connectivity index (χ1n) is 9.68. The van der Waals surface area contributed by atoms with Crippen molar-refractivity contribution in [2.45, 2.75) is 46.5 Å². The summed E-state index contributed by atoms with van der Waals surface area (Å²) in [5, 5.41) is 0. The van der Waals surface area contributed by atoms with Gasteiger partial charge >= 0.3 is 0 Å². The Bertz CT molecular complexity index is 576. The Morgan fingerprint density at radius 3 is 2.38 bits per heavy atom. The van der Waals surface area contributed by atoms with Crippen molar-refractivity contribution in [1.82, 2.24) is 4.90 Å². The average molecular weight is 324 g/mol. The molecule has 0 saturated carbocycles. The maximum absolute atomic E-state index is 2.63. The van der Waals surface area contributed by atoms with Crippen LogP contribution < -0.4 is 0 Å². The number of nitrogens with zero attached hydrogens (tertiary/aromatic N) is 1. The summed E-state index contributed by atoms with van der Waals surface area (Å²) in [6.07, 6.45) is 5.20. The zero-order valence-electron chi connectivity index (χ0n) is 15.7. The predicted molar refractivity (Wildman–Crippen MR) is 106 cm³/mol. The number of hydrogen-bond acceptors (Lipinski definition) is 1. The molecule has 1 heteroatoms. The van der Waals surface area contributed by atoms with Crippen LogP contribution in [0.2, 0.25) is 0 Å². The van der Waals surface area contributed by atoms with Gasteiger partial charge in [-0.25, -0.2) is 0 Å². The molecule has 0 N–H and O–H groups in total. The van der Waals surface area contributed by atoms with E-state index in [4.69, 9.17) is 0 Å². The highest BCUT2D eigenvalue weighted by Crippen LogP contribution is 2.21. The lowest BCUT2D eigenvalue weighted by Gasteiger charge is -2.14. The molecule has 2 aromatic carbocycles. The van der Waals surface area contributed by atoms with Gasteiger partial charge in [-0.2, -0.15) is 0 Å². The Morgan fingerprint density at radius 2 is 1.67 bits per heavy atom. The Balaban J connectivity index is 0.00000100. The maximum Gasteiger partial charge on any atom is 0.000750 e. The van der Waals surface area contributed by atoms with Gasteiger partial charge in [0.05, 0.1) is 0 Å². The normalized spacial score (nSPS) is 17.4. The fraction of sp³-hybridized carbons (Fsp3) is 0.478. The van der Waals surface area contributed by atoms with Crippen molar-refractivity contribution in [2.24, 2.45) is 5.92 Å². The van der Waals surface area contributed by atoms with Crippen LogP contribution in [0.4, 0.5) is 0 Å². The molecule has 1 fully saturated rings. The quantitative estimate of drug-likeness (QED) is 0.585. The van der Waals surface area contributed by atoms with E-state index in [0.29, 0.717) is 0 Å². The van der Waals surface area contributed by atoms with Crippen LogP contribution in [0.15, 0.2) is 54.6 Å². The number of aryl methyl sites for hydroxylation is 1. The van der Waals surface area contributed by atoms with Gasteiger partial charge < -0.3 is 4.90 Å². The smallest absolute Gasteiger partial charge is 0.000750 e. The van der Waals surface area contributed by atoms with Gasteiger partial charge in [0.1, 0.15) is 0 Å². The zero-order chi connectivity index (χ0) is 17.2. The van der Waals surface area contributed by atoms with Crippen molar-refractivity contribution in [2.75, 3.05) is 19.6 Å². The van der Waals surface area contributed by atoms with E-state index in [0.717, 1.165) is 5.92 Å². The molecule has 0 bridgehead atoms. The maximum atomic E-state index is 2.63. The molecular weight excluding hydrogens is 290 g/mol. The molecule has 0 aliphatic carbocycles. The van der Waals surface area contributed by atoms with Crippen molar-refractivity contribution in [3.8, 4) is 11.1 Å². The van der Waals surface area contributed by atoms with Gasteiger partial charge in [0, 0.05) is 6.54 Å². The summed E-state index contributed by atoms with van der Waals surface area (Å²) in [5.74, 6) is 0.905. The van der Waals surface area contributed by atoms with E-state index in [1.807, 2.05) is 13.8 Å². The zero-order valence-corrected chi connectivity index (χ0v) is 15.7. The molecule has 2 aromatic rings. The Morgan fingerprint density at radius 1 is 0.917 bits per heavy atom. The van der Waals surface area contributed by atoms with Gasteiger partial charge in [-0.05, 0) is 61.4 Å². The first-order chi connectivity index (χ1) is 11.8. The predicted octanol–water partition coefficient (Wildman–Crippen LogP) is 6.04. The van der Waals surface area contributed by atoms with Crippen LogP contribution in [-0.2, 0) is 6.42 Å². The van der Waals surface area contributed by atoms with E-state index in [9.17, 15) is 0 Å². The molecule has 0 aromatic heterocycles. The lowest BCUT2D eigenvalue weighted by Crippen LogP contribution is -2.21. The van der Waals surface area contributed by atoms with Crippen LogP contribution in [0, 0.1) is 5.92 Å². The molecule has 24 heavy (non-hydrogen) atoms. The van der Waals surface area contributed by atoms with E-state index in [-0.39, 0.29) is 0 Å². The molecule has 0 radical (unpaired) electrons. The van der Waals surface area contributed by atoms with Gasteiger partial charge in [0.25, 0.3) is 0 Å². The molecule has 1 atom stereocenters. The molecular formula is C23H33N. The van der Waals surface area contributed by atoms with Crippen molar-refractivity contribution in [3.05, 3.63) is 60.2 Å². The van der Waals surface area contributed by atoms with E-state index in [2.05, 4.69) is 66.4 Å². The first kappa shape index (κ1) is 18.7. The van der Waals surface area contributed by atoms with Crippen LogP contribution in [-0.4, -0.2) is 24.5 Å². The van der Waals surface area contributed by atoms with E-state index in [1.165, 1.54) is 62.0 Å². The molecule has 1 aliphatic rings. The van der Waals surface area contributed by atoms with E-state index >= 15 is 0 Å². The summed E-state index contributed by atoms with van der Waals surface area (Å²) >= 11 is 0. The second kappa shape index (κ2) is 10.3. The molecule has 1 nitrogen and oxygen atoms in total. The molecule has 0 spiro atoms. The standard InChI is InChI=1S/C21H27N.C2H6/c1-18-13-15-22(17-18)14-6-5-8-19-9-7-12-21(16-19)20-10-3-2-4-11-20;1-2/h2-4,7,9-12,16,18H,5-6,8,13-15,17H2,1H3;1-2H3. The fourth-order valence-corrected chi connectivity index (χ4v) is 3.43. The van der Waals surface area contributed by atoms with Crippen LogP contribution in [0.3, 0.4) is 0 Å². The SMILES string of the molecule is CC.CC1CCN(CCCCc2cccc(-c3ccccc3)c2)C1. The summed E-state index contributed by atoms with van der Waals surface area (Å²) in [5.41, 5.74) is 4.12. The van der Waals surface area contributed by atoms with Gasteiger partial charge in [-0.3, -0.25) is 0 Å². The molecule has 1 saturated heterocycles. The molecule has 1 aliphatic heterocycles. The first-order valence-corrected chi connectivity index (χ1v) is 9.68. The number of hydrogen-bond donors (Lipinski definition) is 0. The number of likely N-dealkylation sites (tertiary alicyclic amines) is 1. The van der Waals surface area contributed by atoms with Gasteiger partial charge in [-0.15, -0.1) is 0 Å². The molecule has 1 heterocycles. The minimum absolute atomic E-state index is 0.905. The van der Waals surface area contributed by atoms with Crippen LogP contribution in [0.25, 0.3) is 11.1 Å². The second-order valence-electron chi connectivity index (χ2n) is 6.72. The molecule has 3 rings (SSSR count). The third-order valence-electron chi connectivity index (χ3n) is 4.73. The largest absolute Gasteiger partial charge is 0.303 e. The number of rotatable bonds is 6. The van der Waals surface area contributed by atoms with Crippen molar-refractivity contribution < 1.29 is 0 Å². The van der Waals surface area contributed by atoms with Crippen LogP contribution >= 0.6 is 0 Å². The monoisotopic (exact) mass is 323 g/mol. The topological polar surface area (TPSA) is 3.24 Å². The van der Waals surface area contributed by atoms with Gasteiger partial charge in [0.15, 0.2) is 0 Å². The van der Waals surface area contributed by atoms with Crippen molar-refractivity contribution in [3.63, 3.8) is 0 Å². The van der Waals surface area contributed by atoms with E-state index < -0.39 is 0 Å². The Kier molecular flexibility index (Phi) is 8.04. The fourth-order valence-electron chi connectivity index (χ4n) is 3.43. The summed E-state index contributed by atoms with van der Waals surface area (Å²) in [6.45, 7) is 10.3. The molecule has 130 valence electrons.